The van der Waals surface area contributed by atoms with Gasteiger partial charge in [0.2, 0.25) is 0 Å². The molecule has 4 nitrogen and oxygen atoms in total. The summed E-state index contributed by atoms with van der Waals surface area (Å²) in [6, 6.07) is 14.5. The summed E-state index contributed by atoms with van der Waals surface area (Å²) in [5, 5.41) is 17.1. The van der Waals surface area contributed by atoms with Crippen molar-refractivity contribution < 1.29 is 19.8 Å². The van der Waals surface area contributed by atoms with E-state index in [2.05, 4.69) is 47.8 Å². The molecule has 0 spiro atoms. The fourth-order valence-electron chi connectivity index (χ4n) is 1.63. The molecule has 0 radical (unpaired) electrons. The molecular formula is C16H13Br3O4. The summed E-state index contributed by atoms with van der Waals surface area (Å²) in [5.41, 5.74) is 1.55. The lowest BCUT2D eigenvalue weighted by atomic mass is 10.2. The van der Waals surface area contributed by atoms with E-state index in [1.54, 1.807) is 30.3 Å². The quantitative estimate of drug-likeness (QED) is 0.567. The van der Waals surface area contributed by atoms with Gasteiger partial charge in [0.1, 0.15) is 4.83 Å². The normalized spacial score (nSPS) is 11.1. The molecule has 0 aliphatic rings. The van der Waals surface area contributed by atoms with Crippen molar-refractivity contribution in [1.29, 1.82) is 0 Å². The lowest BCUT2D eigenvalue weighted by molar-refractivity contribution is -0.137. The maximum Gasteiger partial charge on any atom is 0.321 e. The largest absolute Gasteiger partial charge is 0.481 e. The molecule has 0 heterocycles. The zero-order valence-corrected chi connectivity index (χ0v) is 16.5. The Labute approximate surface area is 158 Å². The monoisotopic (exact) mass is 506 g/mol. The van der Waals surface area contributed by atoms with Gasteiger partial charge in [-0.3, -0.25) is 9.59 Å². The van der Waals surface area contributed by atoms with Gasteiger partial charge in [-0.05, 0) is 35.4 Å². The fraction of sp³-hybridized carbons (Fsp3) is 0.125. The number of alkyl halides is 1. The van der Waals surface area contributed by atoms with Crippen molar-refractivity contribution >= 4 is 59.7 Å². The second-order valence-electron chi connectivity index (χ2n) is 4.46. The van der Waals surface area contributed by atoms with Crippen molar-refractivity contribution in [3.8, 4) is 0 Å². The molecule has 0 aromatic heterocycles. The molecule has 0 bridgehead atoms. The van der Waals surface area contributed by atoms with Crippen molar-refractivity contribution in [1.82, 2.24) is 0 Å². The number of halogens is 3. The molecule has 0 fully saturated rings. The van der Waals surface area contributed by atoms with E-state index >= 15 is 0 Å². The van der Waals surface area contributed by atoms with Crippen LogP contribution in [0.4, 0.5) is 0 Å². The number of carboxylic acid groups (broad SMARTS) is 2. The average Bonchev–Trinajstić information content (AvgIpc) is 2.46. The van der Waals surface area contributed by atoms with E-state index in [0.717, 1.165) is 20.1 Å². The molecule has 122 valence electrons. The van der Waals surface area contributed by atoms with Crippen molar-refractivity contribution in [3.63, 3.8) is 0 Å². The van der Waals surface area contributed by atoms with Gasteiger partial charge in [0.05, 0.1) is 6.42 Å². The summed E-state index contributed by atoms with van der Waals surface area (Å²) in [4.78, 5) is 20.2. The van der Waals surface area contributed by atoms with Gasteiger partial charge >= 0.3 is 11.9 Å². The third-order valence-electron chi connectivity index (χ3n) is 2.60. The van der Waals surface area contributed by atoms with Crippen molar-refractivity contribution in [3.05, 3.63) is 68.6 Å². The summed E-state index contributed by atoms with van der Waals surface area (Å²) < 4.78 is 1.79. The molecule has 23 heavy (non-hydrogen) atoms. The number of hydrogen-bond acceptors (Lipinski definition) is 2. The molecule has 2 aromatic rings. The first-order chi connectivity index (χ1) is 10.8. The van der Waals surface area contributed by atoms with E-state index in [4.69, 9.17) is 10.2 Å². The fourth-order valence-corrected chi connectivity index (χ4v) is 2.78. The number of benzene rings is 2. The van der Waals surface area contributed by atoms with Crippen LogP contribution in [0.15, 0.2) is 57.5 Å². The highest BCUT2D eigenvalue weighted by Crippen LogP contribution is 2.25. The highest BCUT2D eigenvalue weighted by atomic mass is 79.9. The van der Waals surface area contributed by atoms with E-state index in [9.17, 15) is 9.59 Å². The number of carboxylic acids is 2. The Hall–Kier alpha value is -1.18. The van der Waals surface area contributed by atoms with Gasteiger partial charge in [0, 0.05) is 8.95 Å². The maximum absolute atomic E-state index is 10.5. The van der Waals surface area contributed by atoms with Gasteiger partial charge in [0.25, 0.3) is 0 Å². The number of carbonyl (C=O) groups is 2. The second kappa shape index (κ2) is 9.85. The molecule has 0 saturated heterocycles. The molecule has 1 atom stereocenters. The van der Waals surface area contributed by atoms with E-state index in [1.807, 2.05) is 18.2 Å². The van der Waals surface area contributed by atoms with E-state index in [-0.39, 0.29) is 6.42 Å². The molecule has 2 rings (SSSR count). The summed E-state index contributed by atoms with van der Waals surface area (Å²) in [6.07, 6.45) is 0.0828. The van der Waals surface area contributed by atoms with Crippen LogP contribution in [0.3, 0.4) is 0 Å². The zero-order valence-electron chi connectivity index (χ0n) is 11.7. The number of rotatable bonds is 4. The molecule has 0 saturated carbocycles. The zero-order chi connectivity index (χ0) is 17.4. The van der Waals surface area contributed by atoms with Crippen LogP contribution >= 0.6 is 47.8 Å². The maximum atomic E-state index is 10.5. The highest BCUT2D eigenvalue weighted by Gasteiger charge is 2.14. The molecule has 1 unspecified atom stereocenters. The highest BCUT2D eigenvalue weighted by molar-refractivity contribution is 9.11. The van der Waals surface area contributed by atoms with E-state index in [0.29, 0.717) is 0 Å². The molecular weight excluding hydrogens is 496 g/mol. The molecule has 0 amide bonds. The summed E-state index contributed by atoms with van der Waals surface area (Å²) in [5.74, 6) is -1.68. The van der Waals surface area contributed by atoms with Crippen LogP contribution in [0.5, 0.6) is 0 Å². The van der Waals surface area contributed by atoms with Crippen LogP contribution < -0.4 is 0 Å². The van der Waals surface area contributed by atoms with Crippen LogP contribution in [-0.4, -0.2) is 22.2 Å². The minimum atomic E-state index is -0.881. The number of hydrogen-bond donors (Lipinski definition) is 2. The van der Waals surface area contributed by atoms with Gasteiger partial charge in [0.15, 0.2) is 0 Å². The molecule has 0 aliphatic carbocycles. The van der Waals surface area contributed by atoms with Gasteiger partial charge in [-0.2, -0.15) is 0 Å². The van der Waals surface area contributed by atoms with Crippen molar-refractivity contribution in [2.75, 3.05) is 0 Å². The minimum Gasteiger partial charge on any atom is -0.481 e. The standard InChI is InChI=1S/C8H6Br2O2.C8H7BrO2/c9-6-3-1-2-5(4-6)7(10)8(11)12;9-7-3-1-2-6(4-7)5-8(10)11/h1-4,7H,(H,11,12);1-4H,5H2,(H,10,11). The topological polar surface area (TPSA) is 74.6 Å². The van der Waals surface area contributed by atoms with E-state index < -0.39 is 16.8 Å². The van der Waals surface area contributed by atoms with Crippen LogP contribution in [-0.2, 0) is 16.0 Å². The molecule has 0 aliphatic heterocycles. The predicted molar refractivity (Wildman–Crippen MR) is 98.9 cm³/mol. The Bertz CT molecular complexity index is 689. The van der Waals surface area contributed by atoms with Crippen LogP contribution in [0, 0.1) is 0 Å². The smallest absolute Gasteiger partial charge is 0.321 e. The second-order valence-corrected chi connectivity index (χ2v) is 7.20. The Morgan fingerprint density at radius 3 is 2.00 bits per heavy atom. The lowest BCUT2D eigenvalue weighted by Gasteiger charge is -2.04. The van der Waals surface area contributed by atoms with Crippen LogP contribution in [0.1, 0.15) is 16.0 Å². The van der Waals surface area contributed by atoms with Crippen molar-refractivity contribution in [2.45, 2.75) is 11.2 Å². The first-order valence-electron chi connectivity index (χ1n) is 6.38. The number of aliphatic carboxylic acids is 2. The Balaban J connectivity index is 0.000000231. The third-order valence-corrected chi connectivity index (χ3v) is 4.51. The summed E-state index contributed by atoms with van der Waals surface area (Å²) in [7, 11) is 0. The third kappa shape index (κ3) is 7.76. The molecule has 2 aromatic carbocycles. The van der Waals surface area contributed by atoms with Gasteiger partial charge in [-0.1, -0.05) is 72.1 Å². The van der Waals surface area contributed by atoms with Gasteiger partial charge < -0.3 is 10.2 Å². The van der Waals surface area contributed by atoms with Gasteiger partial charge in [-0.15, -0.1) is 0 Å². The lowest BCUT2D eigenvalue weighted by Crippen LogP contribution is -2.03. The van der Waals surface area contributed by atoms with E-state index in [1.165, 1.54) is 0 Å². The summed E-state index contributed by atoms with van der Waals surface area (Å²) >= 11 is 9.59. The first-order valence-corrected chi connectivity index (χ1v) is 8.88. The minimum absolute atomic E-state index is 0.0828. The average molecular weight is 509 g/mol. The van der Waals surface area contributed by atoms with Gasteiger partial charge in [-0.25, -0.2) is 0 Å². The predicted octanol–water partition coefficient (Wildman–Crippen LogP) is 5.05. The van der Waals surface area contributed by atoms with Crippen molar-refractivity contribution in [2.24, 2.45) is 0 Å². The van der Waals surface area contributed by atoms with Crippen LogP contribution in [0.2, 0.25) is 0 Å². The SMILES string of the molecule is O=C(O)C(Br)c1cccc(Br)c1.O=C(O)Cc1cccc(Br)c1. The van der Waals surface area contributed by atoms with Crippen LogP contribution in [0.25, 0.3) is 0 Å². The first kappa shape index (κ1) is 19.9. The Morgan fingerprint density at radius 2 is 1.52 bits per heavy atom. The molecule has 7 heteroatoms. The summed E-state index contributed by atoms with van der Waals surface area (Å²) in [6.45, 7) is 0. The Kier molecular flexibility index (Phi) is 8.51. The molecule has 2 N–H and O–H groups in total. The Morgan fingerprint density at radius 1 is 0.957 bits per heavy atom.